The SMILES string of the molecule is CN(O)C(=O)/C=C/c1cc(CCCc2ccccc2)ccc1S(C)(=O)=O. The molecule has 138 valence electrons. The molecule has 0 saturated carbocycles. The van der Waals surface area contributed by atoms with Crippen molar-refractivity contribution in [3.8, 4) is 0 Å². The van der Waals surface area contributed by atoms with Crippen LogP contribution in [0.25, 0.3) is 6.08 Å². The number of likely N-dealkylation sites (N-methyl/N-ethyl adjacent to an activating group) is 1. The van der Waals surface area contributed by atoms with Crippen molar-refractivity contribution in [2.24, 2.45) is 0 Å². The highest BCUT2D eigenvalue weighted by Crippen LogP contribution is 2.20. The van der Waals surface area contributed by atoms with E-state index in [9.17, 15) is 13.2 Å². The van der Waals surface area contributed by atoms with Gasteiger partial charge in [-0.15, -0.1) is 0 Å². The highest BCUT2D eigenvalue weighted by Gasteiger charge is 2.13. The standard InChI is InChI=1S/C20H23NO4S/c1-21(23)20(22)14-12-18-15-17(11-13-19(18)26(2,24)25)10-6-9-16-7-4-3-5-8-16/h3-5,7-8,11-15,23H,6,9-10H2,1-2H3/b14-12+. The first kappa shape index (κ1) is 19.9. The number of nitrogens with zero attached hydrogens (tertiary/aromatic N) is 1. The van der Waals surface area contributed by atoms with Crippen LogP contribution in [0.2, 0.25) is 0 Å². The number of hydrogen-bond acceptors (Lipinski definition) is 4. The molecular weight excluding hydrogens is 350 g/mol. The van der Waals surface area contributed by atoms with E-state index in [1.165, 1.54) is 18.7 Å². The lowest BCUT2D eigenvalue weighted by Crippen LogP contribution is -2.19. The third-order valence-electron chi connectivity index (χ3n) is 3.97. The molecule has 2 rings (SSSR count). The fourth-order valence-electron chi connectivity index (χ4n) is 2.63. The van der Waals surface area contributed by atoms with E-state index in [0.717, 1.165) is 37.2 Å². The molecule has 26 heavy (non-hydrogen) atoms. The number of aryl methyl sites for hydroxylation is 2. The minimum atomic E-state index is -3.42. The Hall–Kier alpha value is -2.44. The van der Waals surface area contributed by atoms with Gasteiger partial charge >= 0.3 is 0 Å². The first-order valence-corrected chi connectivity index (χ1v) is 10.2. The van der Waals surface area contributed by atoms with Crippen LogP contribution in [0.4, 0.5) is 0 Å². The molecule has 6 heteroatoms. The normalized spacial score (nSPS) is 11.7. The van der Waals surface area contributed by atoms with Gasteiger partial charge in [0.05, 0.1) is 4.90 Å². The van der Waals surface area contributed by atoms with Gasteiger partial charge in [0.1, 0.15) is 0 Å². The van der Waals surface area contributed by atoms with Crippen LogP contribution in [-0.4, -0.2) is 37.9 Å². The summed E-state index contributed by atoms with van der Waals surface area (Å²) in [6.07, 6.45) is 6.38. The lowest BCUT2D eigenvalue weighted by atomic mass is 10.0. The molecule has 0 saturated heterocycles. The van der Waals surface area contributed by atoms with E-state index in [2.05, 4.69) is 12.1 Å². The number of hydroxylamine groups is 2. The number of amides is 1. The van der Waals surface area contributed by atoms with Crippen LogP contribution in [0.3, 0.4) is 0 Å². The second kappa shape index (κ2) is 8.78. The van der Waals surface area contributed by atoms with Crippen molar-refractivity contribution in [2.45, 2.75) is 24.2 Å². The largest absolute Gasteiger partial charge is 0.286 e. The number of benzene rings is 2. The first-order chi connectivity index (χ1) is 12.3. The van der Waals surface area contributed by atoms with Gasteiger partial charge in [0.15, 0.2) is 9.84 Å². The molecule has 0 atom stereocenters. The zero-order valence-electron chi connectivity index (χ0n) is 14.9. The summed E-state index contributed by atoms with van der Waals surface area (Å²) in [7, 11) is -2.21. The maximum Gasteiger partial charge on any atom is 0.269 e. The van der Waals surface area contributed by atoms with E-state index in [4.69, 9.17) is 5.21 Å². The molecule has 0 spiro atoms. The Balaban J connectivity index is 2.18. The van der Waals surface area contributed by atoms with Crippen molar-refractivity contribution in [2.75, 3.05) is 13.3 Å². The monoisotopic (exact) mass is 373 g/mol. The van der Waals surface area contributed by atoms with Crippen LogP contribution in [0, 0.1) is 0 Å². The van der Waals surface area contributed by atoms with Crippen LogP contribution < -0.4 is 0 Å². The van der Waals surface area contributed by atoms with E-state index >= 15 is 0 Å². The molecule has 0 unspecified atom stereocenters. The smallest absolute Gasteiger partial charge is 0.269 e. The summed E-state index contributed by atoms with van der Waals surface area (Å²) in [5.41, 5.74) is 2.70. The Kier molecular flexibility index (Phi) is 6.71. The maximum atomic E-state index is 12.0. The Morgan fingerprint density at radius 2 is 1.73 bits per heavy atom. The van der Waals surface area contributed by atoms with Crippen molar-refractivity contribution >= 4 is 21.8 Å². The van der Waals surface area contributed by atoms with Gasteiger partial charge in [-0.25, -0.2) is 13.5 Å². The van der Waals surface area contributed by atoms with Gasteiger partial charge in [-0.1, -0.05) is 42.5 Å². The van der Waals surface area contributed by atoms with Gasteiger partial charge < -0.3 is 0 Å². The summed E-state index contributed by atoms with van der Waals surface area (Å²) in [5, 5.41) is 9.57. The molecule has 2 aromatic rings. The third kappa shape index (κ3) is 5.82. The van der Waals surface area contributed by atoms with Crippen molar-refractivity contribution in [1.29, 1.82) is 0 Å². The second-order valence-electron chi connectivity index (χ2n) is 6.18. The second-order valence-corrected chi connectivity index (χ2v) is 8.16. The van der Waals surface area contributed by atoms with E-state index in [1.807, 2.05) is 18.2 Å². The number of hydrogen-bond donors (Lipinski definition) is 1. The van der Waals surface area contributed by atoms with Crippen LogP contribution in [0.1, 0.15) is 23.1 Å². The average Bonchev–Trinajstić information content (AvgIpc) is 2.59. The van der Waals surface area contributed by atoms with Gasteiger partial charge in [0, 0.05) is 19.4 Å². The first-order valence-electron chi connectivity index (χ1n) is 8.29. The summed E-state index contributed by atoms with van der Waals surface area (Å²) in [4.78, 5) is 11.7. The summed E-state index contributed by atoms with van der Waals surface area (Å²) >= 11 is 0. The molecule has 0 fully saturated rings. The number of rotatable bonds is 7. The zero-order valence-corrected chi connectivity index (χ0v) is 15.7. The van der Waals surface area contributed by atoms with Crippen LogP contribution in [0.15, 0.2) is 59.5 Å². The predicted molar refractivity (Wildman–Crippen MR) is 102 cm³/mol. The van der Waals surface area contributed by atoms with Gasteiger partial charge in [0.25, 0.3) is 5.91 Å². The highest BCUT2D eigenvalue weighted by molar-refractivity contribution is 7.90. The molecule has 0 aliphatic carbocycles. The quantitative estimate of drug-likeness (QED) is 0.460. The van der Waals surface area contributed by atoms with Crippen molar-refractivity contribution in [1.82, 2.24) is 5.06 Å². The Morgan fingerprint density at radius 1 is 1.08 bits per heavy atom. The van der Waals surface area contributed by atoms with Gasteiger partial charge in [-0.2, -0.15) is 0 Å². The molecule has 0 aromatic heterocycles. The molecular formula is C20H23NO4S. The van der Waals surface area contributed by atoms with Crippen LogP contribution >= 0.6 is 0 Å². The van der Waals surface area contributed by atoms with E-state index in [1.54, 1.807) is 18.2 Å². The fraction of sp³-hybridized carbons (Fsp3) is 0.250. The topological polar surface area (TPSA) is 74.7 Å². The molecule has 0 aliphatic heterocycles. The number of carbonyl (C=O) groups excluding carboxylic acids is 1. The Morgan fingerprint density at radius 3 is 2.35 bits per heavy atom. The van der Waals surface area contributed by atoms with Crippen molar-refractivity contribution in [3.05, 3.63) is 71.3 Å². The minimum Gasteiger partial charge on any atom is -0.286 e. The van der Waals surface area contributed by atoms with Crippen molar-refractivity contribution < 1.29 is 18.4 Å². The molecule has 5 nitrogen and oxygen atoms in total. The highest BCUT2D eigenvalue weighted by atomic mass is 32.2. The van der Waals surface area contributed by atoms with E-state index in [0.29, 0.717) is 10.6 Å². The van der Waals surface area contributed by atoms with E-state index in [-0.39, 0.29) is 4.90 Å². The predicted octanol–water partition coefficient (Wildman–Crippen LogP) is 3.13. The maximum absolute atomic E-state index is 12.0. The third-order valence-corrected chi connectivity index (χ3v) is 5.14. The summed E-state index contributed by atoms with van der Waals surface area (Å²) < 4.78 is 23.9. The lowest BCUT2D eigenvalue weighted by molar-refractivity contribution is -0.153. The lowest BCUT2D eigenvalue weighted by Gasteiger charge is -2.09. The Bertz CT molecular complexity index is 887. The zero-order chi connectivity index (χ0) is 19.2. The van der Waals surface area contributed by atoms with E-state index < -0.39 is 15.7 Å². The molecule has 0 radical (unpaired) electrons. The van der Waals surface area contributed by atoms with Crippen molar-refractivity contribution in [3.63, 3.8) is 0 Å². The molecule has 0 aliphatic rings. The average molecular weight is 373 g/mol. The minimum absolute atomic E-state index is 0.161. The summed E-state index contributed by atoms with van der Waals surface area (Å²) in [6.45, 7) is 0. The molecule has 0 bridgehead atoms. The summed E-state index contributed by atoms with van der Waals surface area (Å²) in [5.74, 6) is -0.626. The van der Waals surface area contributed by atoms with Gasteiger partial charge in [0.2, 0.25) is 0 Å². The van der Waals surface area contributed by atoms with Crippen LogP contribution in [-0.2, 0) is 27.5 Å². The van der Waals surface area contributed by atoms with Crippen LogP contribution in [0.5, 0.6) is 0 Å². The number of carbonyl (C=O) groups is 1. The fourth-order valence-corrected chi connectivity index (χ4v) is 3.50. The molecule has 0 heterocycles. The molecule has 1 N–H and O–H groups in total. The molecule has 2 aromatic carbocycles. The number of sulfone groups is 1. The van der Waals surface area contributed by atoms with Gasteiger partial charge in [-0.05, 0) is 48.1 Å². The van der Waals surface area contributed by atoms with Gasteiger partial charge in [-0.3, -0.25) is 10.0 Å². The molecule has 1 amide bonds. The summed E-state index contributed by atoms with van der Waals surface area (Å²) in [6, 6.07) is 15.3. The Labute approximate surface area is 154 Å².